The maximum atomic E-state index is 13.0. The third kappa shape index (κ3) is 4.73. The number of alkyl halides is 3. The van der Waals surface area contributed by atoms with E-state index in [1.54, 1.807) is 0 Å². The minimum absolute atomic E-state index is 0.0971. The summed E-state index contributed by atoms with van der Waals surface area (Å²) in [6.45, 7) is 1.45. The lowest BCUT2D eigenvalue weighted by molar-refractivity contribution is -0.138. The molecule has 1 atom stereocenters. The SMILES string of the molecule is CC(Oc1ccc(Oc2ncc(Cl)cc2C(F)(F)F)cc1)C(O)O. The van der Waals surface area contributed by atoms with E-state index in [9.17, 15) is 13.2 Å². The molecule has 24 heavy (non-hydrogen) atoms. The molecular formula is C15H13ClF3NO4. The van der Waals surface area contributed by atoms with Gasteiger partial charge in [0.15, 0.2) is 6.29 Å². The number of rotatable bonds is 5. The fraction of sp³-hybridized carbons (Fsp3) is 0.267. The van der Waals surface area contributed by atoms with Crippen molar-refractivity contribution in [3.05, 3.63) is 47.1 Å². The molecule has 1 aromatic carbocycles. The second-order valence-electron chi connectivity index (χ2n) is 4.81. The Morgan fingerprint density at radius 1 is 1.12 bits per heavy atom. The number of aromatic nitrogens is 1. The average Bonchev–Trinajstić information content (AvgIpc) is 2.49. The van der Waals surface area contributed by atoms with Gasteiger partial charge in [-0.25, -0.2) is 4.98 Å². The third-order valence-corrected chi connectivity index (χ3v) is 3.11. The number of aliphatic hydroxyl groups excluding tert-OH is 1. The van der Waals surface area contributed by atoms with Gasteiger partial charge >= 0.3 is 6.18 Å². The van der Waals surface area contributed by atoms with Gasteiger partial charge in [0, 0.05) is 6.20 Å². The third-order valence-electron chi connectivity index (χ3n) is 2.90. The molecule has 1 aromatic heterocycles. The van der Waals surface area contributed by atoms with Crippen LogP contribution in [-0.4, -0.2) is 27.6 Å². The van der Waals surface area contributed by atoms with Crippen LogP contribution in [0.4, 0.5) is 13.2 Å². The lowest BCUT2D eigenvalue weighted by atomic mass is 10.2. The zero-order valence-corrected chi connectivity index (χ0v) is 13.0. The van der Waals surface area contributed by atoms with E-state index in [1.165, 1.54) is 31.2 Å². The first-order valence-corrected chi connectivity index (χ1v) is 7.08. The Kier molecular flexibility index (Phi) is 5.53. The van der Waals surface area contributed by atoms with Crippen LogP contribution in [0.1, 0.15) is 12.5 Å². The molecule has 0 aliphatic carbocycles. The first-order chi connectivity index (χ1) is 11.2. The van der Waals surface area contributed by atoms with Crippen molar-refractivity contribution in [2.24, 2.45) is 0 Å². The Bertz CT molecular complexity index is 692. The molecule has 0 saturated heterocycles. The van der Waals surface area contributed by atoms with Crippen molar-refractivity contribution in [3.63, 3.8) is 0 Å². The van der Waals surface area contributed by atoms with Gasteiger partial charge in [-0.15, -0.1) is 0 Å². The van der Waals surface area contributed by atoms with Crippen LogP contribution in [0.2, 0.25) is 5.02 Å². The van der Waals surface area contributed by atoms with Gasteiger partial charge < -0.3 is 19.7 Å². The van der Waals surface area contributed by atoms with E-state index in [0.717, 1.165) is 12.3 Å². The summed E-state index contributed by atoms with van der Waals surface area (Å²) >= 11 is 5.55. The summed E-state index contributed by atoms with van der Waals surface area (Å²) in [5.41, 5.74) is -1.09. The number of pyridine rings is 1. The number of ether oxygens (including phenoxy) is 2. The lowest BCUT2D eigenvalue weighted by Gasteiger charge is -2.16. The zero-order chi connectivity index (χ0) is 17.9. The Hall–Kier alpha value is -2.03. The molecule has 0 aliphatic rings. The summed E-state index contributed by atoms with van der Waals surface area (Å²) in [5.74, 6) is -0.234. The highest BCUT2D eigenvalue weighted by Gasteiger charge is 2.36. The molecule has 0 saturated carbocycles. The van der Waals surface area contributed by atoms with E-state index < -0.39 is 30.0 Å². The minimum atomic E-state index is -4.66. The first-order valence-electron chi connectivity index (χ1n) is 6.70. The van der Waals surface area contributed by atoms with Crippen molar-refractivity contribution in [1.29, 1.82) is 0 Å². The molecule has 2 aromatic rings. The van der Waals surface area contributed by atoms with Crippen LogP contribution in [0.15, 0.2) is 36.5 Å². The van der Waals surface area contributed by atoms with Gasteiger partial charge in [0.05, 0.1) is 5.02 Å². The first kappa shape index (κ1) is 18.3. The number of halogens is 4. The fourth-order valence-corrected chi connectivity index (χ4v) is 1.84. The van der Waals surface area contributed by atoms with E-state index in [2.05, 4.69) is 4.98 Å². The topological polar surface area (TPSA) is 71.8 Å². The molecule has 9 heteroatoms. The van der Waals surface area contributed by atoms with Gasteiger partial charge in [-0.2, -0.15) is 13.2 Å². The molecule has 0 amide bonds. The molecule has 0 radical (unpaired) electrons. The zero-order valence-electron chi connectivity index (χ0n) is 12.3. The van der Waals surface area contributed by atoms with Gasteiger partial charge in [-0.1, -0.05) is 11.6 Å². The van der Waals surface area contributed by atoms with Gasteiger partial charge in [-0.3, -0.25) is 0 Å². The standard InChI is InChI=1S/C15H13ClF3NO4/c1-8(14(21)22)23-10-2-4-11(5-3-10)24-13-12(15(17,18)19)6-9(16)7-20-13/h2-8,14,21-22H,1H3. The summed E-state index contributed by atoms with van der Waals surface area (Å²) in [7, 11) is 0. The van der Waals surface area contributed by atoms with E-state index in [4.69, 9.17) is 31.3 Å². The molecule has 130 valence electrons. The predicted octanol–water partition coefficient (Wildman–Crippen LogP) is 3.62. The molecule has 1 heterocycles. The molecule has 5 nitrogen and oxygen atoms in total. The molecule has 0 fully saturated rings. The Balaban J connectivity index is 2.18. The molecule has 0 bridgehead atoms. The summed E-state index contributed by atoms with van der Waals surface area (Å²) in [6, 6.07) is 6.28. The Morgan fingerprint density at radius 3 is 2.25 bits per heavy atom. The molecule has 2 rings (SSSR count). The number of aliphatic hydroxyl groups is 2. The van der Waals surface area contributed by atoms with Crippen LogP contribution in [0, 0.1) is 0 Å². The monoisotopic (exact) mass is 363 g/mol. The van der Waals surface area contributed by atoms with E-state index in [1.807, 2.05) is 0 Å². The van der Waals surface area contributed by atoms with Crippen LogP contribution >= 0.6 is 11.6 Å². The number of hydrogen-bond acceptors (Lipinski definition) is 5. The van der Waals surface area contributed by atoms with Crippen LogP contribution in [0.5, 0.6) is 17.4 Å². The summed E-state index contributed by atoms with van der Waals surface area (Å²) < 4.78 is 49.3. The van der Waals surface area contributed by atoms with Gasteiger partial charge in [0.1, 0.15) is 23.2 Å². The molecular weight excluding hydrogens is 351 g/mol. The quantitative estimate of drug-likeness (QED) is 0.794. The maximum absolute atomic E-state index is 13.0. The largest absolute Gasteiger partial charge is 0.485 e. The van der Waals surface area contributed by atoms with Crippen LogP contribution in [-0.2, 0) is 6.18 Å². The molecule has 0 aliphatic heterocycles. The number of hydrogen-bond donors (Lipinski definition) is 2. The van der Waals surface area contributed by atoms with Crippen molar-refractivity contribution in [1.82, 2.24) is 4.98 Å². The van der Waals surface area contributed by atoms with E-state index in [-0.39, 0.29) is 10.8 Å². The lowest BCUT2D eigenvalue weighted by Crippen LogP contribution is -2.27. The van der Waals surface area contributed by atoms with Gasteiger partial charge in [0.2, 0.25) is 5.88 Å². The Morgan fingerprint density at radius 2 is 1.71 bits per heavy atom. The normalized spacial score (nSPS) is 13.0. The maximum Gasteiger partial charge on any atom is 0.421 e. The van der Waals surface area contributed by atoms with Crippen molar-refractivity contribution in [2.75, 3.05) is 0 Å². The summed E-state index contributed by atoms with van der Waals surface area (Å²) in [5, 5.41) is 17.7. The summed E-state index contributed by atoms with van der Waals surface area (Å²) in [6.07, 6.45) is -6.14. The van der Waals surface area contributed by atoms with Gasteiger partial charge in [0.25, 0.3) is 0 Å². The van der Waals surface area contributed by atoms with Crippen LogP contribution in [0.25, 0.3) is 0 Å². The van der Waals surface area contributed by atoms with Crippen molar-refractivity contribution >= 4 is 11.6 Å². The van der Waals surface area contributed by atoms with Crippen LogP contribution < -0.4 is 9.47 Å². The highest BCUT2D eigenvalue weighted by molar-refractivity contribution is 6.30. The van der Waals surface area contributed by atoms with Crippen molar-refractivity contribution in [2.45, 2.75) is 25.5 Å². The number of benzene rings is 1. The van der Waals surface area contributed by atoms with Gasteiger partial charge in [-0.05, 0) is 37.3 Å². The Labute approximate surface area is 140 Å². The number of nitrogens with zero attached hydrogens (tertiary/aromatic N) is 1. The minimum Gasteiger partial charge on any atom is -0.485 e. The highest BCUT2D eigenvalue weighted by atomic mass is 35.5. The molecule has 0 spiro atoms. The highest BCUT2D eigenvalue weighted by Crippen LogP contribution is 2.38. The van der Waals surface area contributed by atoms with Crippen LogP contribution in [0.3, 0.4) is 0 Å². The average molecular weight is 364 g/mol. The van der Waals surface area contributed by atoms with E-state index >= 15 is 0 Å². The van der Waals surface area contributed by atoms with Crippen molar-refractivity contribution < 1.29 is 32.9 Å². The predicted molar refractivity (Wildman–Crippen MR) is 79.1 cm³/mol. The second kappa shape index (κ2) is 7.25. The summed E-state index contributed by atoms with van der Waals surface area (Å²) in [4.78, 5) is 3.56. The fourth-order valence-electron chi connectivity index (χ4n) is 1.68. The van der Waals surface area contributed by atoms with E-state index in [0.29, 0.717) is 5.75 Å². The smallest absolute Gasteiger partial charge is 0.421 e. The second-order valence-corrected chi connectivity index (χ2v) is 5.25. The van der Waals surface area contributed by atoms with Crippen molar-refractivity contribution in [3.8, 4) is 17.4 Å². The molecule has 1 unspecified atom stereocenters. The molecule has 2 N–H and O–H groups in total.